The molecule has 13 heavy (non-hydrogen) atoms. The molecule has 0 spiro atoms. The fraction of sp³-hybridized carbons (Fsp3) is 1.00. The Balaban J connectivity index is 2.63. The van der Waals surface area contributed by atoms with Crippen LogP contribution < -0.4 is 5.73 Å². The Morgan fingerprint density at radius 2 is 1.85 bits per heavy atom. The second-order valence-electron chi connectivity index (χ2n) is 5.69. The van der Waals surface area contributed by atoms with Crippen molar-refractivity contribution in [3.05, 3.63) is 0 Å². The average Bonchev–Trinajstić information content (AvgIpc) is 2.53. The maximum atomic E-state index is 5.85. The van der Waals surface area contributed by atoms with Crippen LogP contribution in [0.15, 0.2) is 0 Å². The maximum absolute atomic E-state index is 5.85. The van der Waals surface area contributed by atoms with E-state index in [0.717, 1.165) is 13.0 Å². The molecule has 0 aromatic rings. The van der Waals surface area contributed by atoms with Gasteiger partial charge in [0.05, 0.1) is 5.60 Å². The number of rotatable bonds is 4. The minimum absolute atomic E-state index is 0.0346. The van der Waals surface area contributed by atoms with E-state index in [1.165, 1.54) is 6.42 Å². The molecule has 1 atom stereocenters. The van der Waals surface area contributed by atoms with E-state index in [1.54, 1.807) is 7.11 Å². The first-order valence-corrected chi connectivity index (χ1v) is 5.04. The summed E-state index contributed by atoms with van der Waals surface area (Å²) in [4.78, 5) is 0. The highest BCUT2D eigenvalue weighted by Crippen LogP contribution is 2.66. The molecule has 1 aliphatic carbocycles. The largest absolute Gasteiger partial charge is 0.379 e. The van der Waals surface area contributed by atoms with Crippen LogP contribution >= 0.6 is 0 Å². The fourth-order valence-corrected chi connectivity index (χ4v) is 2.41. The lowest BCUT2D eigenvalue weighted by Crippen LogP contribution is -2.33. The van der Waals surface area contributed by atoms with Crippen LogP contribution in [0.3, 0.4) is 0 Å². The monoisotopic (exact) mass is 185 g/mol. The quantitative estimate of drug-likeness (QED) is 0.728. The van der Waals surface area contributed by atoms with E-state index in [2.05, 4.69) is 27.7 Å². The summed E-state index contributed by atoms with van der Waals surface area (Å²) < 4.78 is 5.45. The Bertz CT molecular complexity index is 198. The molecule has 0 aliphatic heterocycles. The van der Waals surface area contributed by atoms with E-state index in [4.69, 9.17) is 10.5 Å². The van der Waals surface area contributed by atoms with Crippen LogP contribution in [-0.2, 0) is 4.74 Å². The Kier molecular flexibility index (Phi) is 2.50. The average molecular weight is 185 g/mol. The molecule has 0 amide bonds. The van der Waals surface area contributed by atoms with Crippen LogP contribution in [0, 0.1) is 10.8 Å². The second-order valence-corrected chi connectivity index (χ2v) is 5.69. The van der Waals surface area contributed by atoms with Crippen LogP contribution in [-0.4, -0.2) is 19.3 Å². The molecule has 1 saturated carbocycles. The predicted molar refractivity (Wildman–Crippen MR) is 55.6 cm³/mol. The molecule has 0 aromatic heterocycles. The molecule has 1 fully saturated rings. The van der Waals surface area contributed by atoms with Gasteiger partial charge in [0.2, 0.25) is 0 Å². The normalized spacial score (nSPS) is 31.8. The topological polar surface area (TPSA) is 35.2 Å². The van der Waals surface area contributed by atoms with Crippen LogP contribution in [0.1, 0.15) is 40.5 Å². The summed E-state index contributed by atoms with van der Waals surface area (Å²) in [5.41, 5.74) is 6.56. The van der Waals surface area contributed by atoms with Gasteiger partial charge in [0, 0.05) is 7.11 Å². The van der Waals surface area contributed by atoms with Crippen molar-refractivity contribution in [3.63, 3.8) is 0 Å². The Hall–Kier alpha value is -0.0800. The van der Waals surface area contributed by atoms with Crippen molar-refractivity contribution in [2.24, 2.45) is 16.6 Å². The standard InChI is InChI=1S/C11H23NO/c1-9(2)6-11(9,8-12)7-10(3,4)13-5/h6-8,12H2,1-5H3. The molecule has 0 radical (unpaired) electrons. The third kappa shape index (κ3) is 1.89. The van der Waals surface area contributed by atoms with Crippen molar-refractivity contribution >= 4 is 0 Å². The Morgan fingerprint density at radius 1 is 1.38 bits per heavy atom. The third-order valence-electron chi connectivity index (χ3n) is 3.80. The number of nitrogens with two attached hydrogens (primary N) is 1. The zero-order chi connectivity index (χ0) is 10.3. The zero-order valence-corrected chi connectivity index (χ0v) is 9.61. The van der Waals surface area contributed by atoms with Crippen LogP contribution in [0.5, 0.6) is 0 Å². The van der Waals surface area contributed by atoms with E-state index >= 15 is 0 Å². The number of hydrogen-bond donors (Lipinski definition) is 1. The first kappa shape index (κ1) is 11.0. The summed E-state index contributed by atoms with van der Waals surface area (Å²) in [7, 11) is 1.78. The lowest BCUT2D eigenvalue weighted by atomic mass is 9.85. The van der Waals surface area contributed by atoms with Crippen molar-refractivity contribution in [1.29, 1.82) is 0 Å². The van der Waals surface area contributed by atoms with E-state index in [9.17, 15) is 0 Å². The molecular formula is C11H23NO. The number of ether oxygens (including phenoxy) is 1. The van der Waals surface area contributed by atoms with Crippen molar-refractivity contribution < 1.29 is 4.74 Å². The van der Waals surface area contributed by atoms with Crippen LogP contribution in [0.25, 0.3) is 0 Å². The van der Waals surface area contributed by atoms with Gasteiger partial charge in [-0.3, -0.25) is 0 Å². The highest BCUT2D eigenvalue weighted by molar-refractivity contribution is 5.11. The highest BCUT2D eigenvalue weighted by atomic mass is 16.5. The van der Waals surface area contributed by atoms with Gasteiger partial charge in [-0.2, -0.15) is 0 Å². The third-order valence-corrected chi connectivity index (χ3v) is 3.80. The number of methoxy groups -OCH3 is 1. The van der Waals surface area contributed by atoms with E-state index in [0.29, 0.717) is 10.8 Å². The van der Waals surface area contributed by atoms with Gasteiger partial charge < -0.3 is 10.5 Å². The van der Waals surface area contributed by atoms with Gasteiger partial charge in [-0.1, -0.05) is 13.8 Å². The Labute approximate surface area is 81.8 Å². The van der Waals surface area contributed by atoms with Gasteiger partial charge in [0.25, 0.3) is 0 Å². The Morgan fingerprint density at radius 3 is 2.08 bits per heavy atom. The maximum Gasteiger partial charge on any atom is 0.0628 e. The molecule has 1 rings (SSSR count). The van der Waals surface area contributed by atoms with Crippen molar-refractivity contribution in [3.8, 4) is 0 Å². The minimum atomic E-state index is -0.0346. The van der Waals surface area contributed by atoms with Crippen molar-refractivity contribution in [2.45, 2.75) is 46.1 Å². The van der Waals surface area contributed by atoms with Gasteiger partial charge in [-0.15, -0.1) is 0 Å². The summed E-state index contributed by atoms with van der Waals surface area (Å²) >= 11 is 0. The molecule has 2 heteroatoms. The molecular weight excluding hydrogens is 162 g/mol. The summed E-state index contributed by atoms with van der Waals surface area (Å²) in [5, 5.41) is 0. The first-order chi connectivity index (χ1) is 5.79. The van der Waals surface area contributed by atoms with E-state index in [1.807, 2.05) is 0 Å². The molecule has 1 aliphatic rings. The minimum Gasteiger partial charge on any atom is -0.379 e. The highest BCUT2D eigenvalue weighted by Gasteiger charge is 2.61. The van der Waals surface area contributed by atoms with Crippen LogP contribution in [0.4, 0.5) is 0 Å². The van der Waals surface area contributed by atoms with E-state index in [-0.39, 0.29) is 5.60 Å². The van der Waals surface area contributed by atoms with Crippen molar-refractivity contribution in [1.82, 2.24) is 0 Å². The first-order valence-electron chi connectivity index (χ1n) is 5.04. The van der Waals surface area contributed by atoms with Crippen LogP contribution in [0.2, 0.25) is 0 Å². The van der Waals surface area contributed by atoms with Gasteiger partial charge in [0.15, 0.2) is 0 Å². The molecule has 0 bridgehead atoms. The molecule has 78 valence electrons. The van der Waals surface area contributed by atoms with Gasteiger partial charge in [-0.05, 0) is 44.1 Å². The van der Waals surface area contributed by atoms with Gasteiger partial charge >= 0.3 is 0 Å². The molecule has 0 saturated heterocycles. The van der Waals surface area contributed by atoms with Crippen molar-refractivity contribution in [2.75, 3.05) is 13.7 Å². The summed E-state index contributed by atoms with van der Waals surface area (Å²) in [6.07, 6.45) is 2.31. The second kappa shape index (κ2) is 2.96. The smallest absolute Gasteiger partial charge is 0.0628 e. The molecule has 2 nitrogen and oxygen atoms in total. The van der Waals surface area contributed by atoms with Gasteiger partial charge in [0.1, 0.15) is 0 Å². The molecule has 2 N–H and O–H groups in total. The fourth-order valence-electron chi connectivity index (χ4n) is 2.41. The molecule has 0 heterocycles. The van der Waals surface area contributed by atoms with Gasteiger partial charge in [-0.25, -0.2) is 0 Å². The predicted octanol–water partition coefficient (Wildman–Crippen LogP) is 2.18. The SMILES string of the molecule is COC(C)(C)CC1(CN)CC1(C)C. The van der Waals surface area contributed by atoms with E-state index < -0.39 is 0 Å². The zero-order valence-electron chi connectivity index (χ0n) is 9.61. The lowest BCUT2D eigenvalue weighted by molar-refractivity contribution is -0.00580. The summed E-state index contributed by atoms with van der Waals surface area (Å²) in [6.45, 7) is 9.65. The summed E-state index contributed by atoms with van der Waals surface area (Å²) in [6, 6.07) is 0. The number of hydrogen-bond acceptors (Lipinski definition) is 2. The summed E-state index contributed by atoms with van der Waals surface area (Å²) in [5.74, 6) is 0. The molecule has 1 unspecified atom stereocenters. The molecule has 0 aromatic carbocycles. The lowest BCUT2D eigenvalue weighted by Gasteiger charge is -2.30.